The number of thiazole rings is 1. The maximum atomic E-state index is 12.0. The molecule has 0 saturated carbocycles. The van der Waals surface area contributed by atoms with Crippen molar-refractivity contribution in [3.8, 4) is 5.75 Å². The molecule has 6 heteroatoms. The quantitative estimate of drug-likeness (QED) is 0.756. The molecule has 122 valence electrons. The summed E-state index contributed by atoms with van der Waals surface area (Å²) in [6, 6.07) is 4.88. The van der Waals surface area contributed by atoms with Crippen LogP contribution >= 0.6 is 27.3 Å². The van der Waals surface area contributed by atoms with Gasteiger partial charge in [0.25, 0.3) is 5.91 Å². The fraction of sp³-hybridized carbons (Fsp3) is 0.412. The Morgan fingerprint density at radius 2 is 2.17 bits per heavy atom. The lowest BCUT2D eigenvalue weighted by molar-refractivity contribution is 0.0950. The second-order valence-corrected chi connectivity index (χ2v) is 7.79. The summed E-state index contributed by atoms with van der Waals surface area (Å²) < 4.78 is 0.749. The van der Waals surface area contributed by atoms with E-state index in [1.807, 2.05) is 11.3 Å². The lowest BCUT2D eigenvalue weighted by Gasteiger charge is -2.06. The lowest BCUT2D eigenvalue weighted by Crippen LogP contribution is -2.24. The number of nitrogens with one attached hydrogen (secondary N) is 1. The van der Waals surface area contributed by atoms with Gasteiger partial charge in [0.15, 0.2) is 0 Å². The van der Waals surface area contributed by atoms with Crippen molar-refractivity contribution in [3.05, 3.63) is 43.8 Å². The van der Waals surface area contributed by atoms with Crippen LogP contribution in [0.4, 0.5) is 0 Å². The number of carbonyl (C=O) groups excluding carboxylic acids is 1. The van der Waals surface area contributed by atoms with E-state index in [2.05, 4.69) is 21.2 Å². The van der Waals surface area contributed by atoms with E-state index >= 15 is 0 Å². The Bertz CT molecular complexity index is 691. The van der Waals surface area contributed by atoms with Gasteiger partial charge in [-0.25, -0.2) is 4.98 Å². The van der Waals surface area contributed by atoms with E-state index in [0.29, 0.717) is 12.1 Å². The molecule has 0 radical (unpaired) electrons. The van der Waals surface area contributed by atoms with E-state index in [4.69, 9.17) is 4.98 Å². The highest BCUT2D eigenvalue weighted by Gasteiger charge is 2.15. The number of phenols is 1. The van der Waals surface area contributed by atoms with Crippen LogP contribution in [0.2, 0.25) is 0 Å². The Balaban J connectivity index is 1.47. The first-order valence-corrected chi connectivity index (χ1v) is 9.48. The molecule has 3 rings (SSSR count). The summed E-state index contributed by atoms with van der Waals surface area (Å²) in [7, 11) is 0. The number of fused-ring (bicyclic) bond motifs is 1. The Morgan fingerprint density at radius 3 is 2.96 bits per heavy atom. The van der Waals surface area contributed by atoms with Gasteiger partial charge in [0.1, 0.15) is 5.75 Å². The number of aromatic nitrogens is 1. The summed E-state index contributed by atoms with van der Waals surface area (Å²) in [6.07, 6.45) is 6.57. The smallest absolute Gasteiger partial charge is 0.255 e. The molecule has 1 aliphatic rings. The number of aromatic hydroxyl groups is 1. The number of hydrogen-bond acceptors (Lipinski definition) is 4. The highest BCUT2D eigenvalue weighted by Crippen LogP contribution is 2.27. The lowest BCUT2D eigenvalue weighted by atomic mass is 10.0. The molecule has 23 heavy (non-hydrogen) atoms. The molecule has 0 bridgehead atoms. The van der Waals surface area contributed by atoms with Crippen LogP contribution in [0.1, 0.15) is 45.2 Å². The Hall–Kier alpha value is -1.40. The minimum atomic E-state index is -0.242. The molecule has 0 aliphatic heterocycles. The second kappa shape index (κ2) is 7.45. The van der Waals surface area contributed by atoms with Gasteiger partial charge in [-0.2, -0.15) is 0 Å². The third kappa shape index (κ3) is 4.12. The van der Waals surface area contributed by atoms with Crippen LogP contribution in [0.5, 0.6) is 5.75 Å². The number of benzene rings is 1. The first-order valence-electron chi connectivity index (χ1n) is 7.87. The highest BCUT2D eigenvalue weighted by molar-refractivity contribution is 9.10. The maximum absolute atomic E-state index is 12.0. The molecular formula is C17H19BrN2O2S. The zero-order valence-corrected chi connectivity index (χ0v) is 15.2. The molecule has 2 N–H and O–H groups in total. The molecule has 1 heterocycles. The Morgan fingerprint density at radius 1 is 1.35 bits per heavy atom. The fourth-order valence-corrected chi connectivity index (χ4v) is 4.29. The number of rotatable bonds is 5. The van der Waals surface area contributed by atoms with E-state index in [9.17, 15) is 9.90 Å². The van der Waals surface area contributed by atoms with Crippen molar-refractivity contribution in [3.63, 3.8) is 0 Å². The third-order valence-corrected chi connectivity index (χ3v) is 5.66. The van der Waals surface area contributed by atoms with Gasteiger partial charge in [0.2, 0.25) is 0 Å². The molecule has 0 fully saturated rings. The zero-order valence-electron chi connectivity index (χ0n) is 12.8. The van der Waals surface area contributed by atoms with Crippen LogP contribution in [-0.4, -0.2) is 22.5 Å². The SMILES string of the molecule is O=C(NCCCc1nc2c(s1)CCCC2)c1ccc(Br)cc1O. The summed E-state index contributed by atoms with van der Waals surface area (Å²) in [5, 5.41) is 13.8. The van der Waals surface area contributed by atoms with Crippen molar-refractivity contribution in [2.75, 3.05) is 6.54 Å². The normalized spacial score (nSPS) is 13.6. The number of hydrogen-bond donors (Lipinski definition) is 2. The summed E-state index contributed by atoms with van der Waals surface area (Å²) in [5.74, 6) is -0.252. The topological polar surface area (TPSA) is 62.2 Å². The van der Waals surface area contributed by atoms with Crippen LogP contribution in [0, 0.1) is 0 Å². The van der Waals surface area contributed by atoms with Crippen molar-refractivity contribution in [1.29, 1.82) is 0 Å². The molecule has 0 saturated heterocycles. The molecule has 1 amide bonds. The van der Waals surface area contributed by atoms with Crippen LogP contribution < -0.4 is 5.32 Å². The van der Waals surface area contributed by atoms with E-state index < -0.39 is 0 Å². The van der Waals surface area contributed by atoms with Crippen molar-refractivity contribution in [2.45, 2.75) is 38.5 Å². The second-order valence-electron chi connectivity index (χ2n) is 5.71. The van der Waals surface area contributed by atoms with Gasteiger partial charge in [0, 0.05) is 22.3 Å². The monoisotopic (exact) mass is 394 g/mol. The Kier molecular flexibility index (Phi) is 5.33. The number of phenolic OH excluding ortho intramolecular Hbond substituents is 1. The first-order chi connectivity index (χ1) is 11.1. The summed E-state index contributed by atoms with van der Waals surface area (Å²) in [5.41, 5.74) is 1.60. The van der Waals surface area contributed by atoms with Crippen LogP contribution in [0.25, 0.3) is 0 Å². The van der Waals surface area contributed by atoms with Gasteiger partial charge < -0.3 is 10.4 Å². The summed E-state index contributed by atoms with van der Waals surface area (Å²) >= 11 is 5.09. The molecule has 1 aliphatic carbocycles. The molecule has 4 nitrogen and oxygen atoms in total. The standard InChI is InChI=1S/C17H19BrN2O2S/c18-11-7-8-12(14(21)10-11)17(22)19-9-3-6-16-20-13-4-1-2-5-15(13)23-16/h7-8,10,21H,1-6,9H2,(H,19,22). The summed E-state index contributed by atoms with van der Waals surface area (Å²) in [4.78, 5) is 18.2. The number of carbonyl (C=O) groups is 1. The Labute approximate surface area is 148 Å². The maximum Gasteiger partial charge on any atom is 0.255 e. The highest BCUT2D eigenvalue weighted by atomic mass is 79.9. The number of nitrogens with zero attached hydrogens (tertiary/aromatic N) is 1. The molecule has 2 aromatic rings. The van der Waals surface area contributed by atoms with Crippen molar-refractivity contribution in [1.82, 2.24) is 10.3 Å². The number of halogens is 1. The van der Waals surface area contributed by atoms with Gasteiger partial charge in [-0.15, -0.1) is 11.3 Å². The van der Waals surface area contributed by atoms with E-state index in [0.717, 1.165) is 23.7 Å². The molecule has 0 unspecified atom stereocenters. The van der Waals surface area contributed by atoms with E-state index in [1.165, 1.54) is 40.9 Å². The molecule has 1 aromatic heterocycles. The minimum Gasteiger partial charge on any atom is -0.507 e. The predicted molar refractivity (Wildman–Crippen MR) is 95.2 cm³/mol. The molecule has 0 atom stereocenters. The van der Waals surface area contributed by atoms with Crippen LogP contribution in [-0.2, 0) is 19.3 Å². The third-order valence-electron chi connectivity index (χ3n) is 3.95. The van der Waals surface area contributed by atoms with E-state index in [-0.39, 0.29) is 11.7 Å². The van der Waals surface area contributed by atoms with Crippen LogP contribution in [0.3, 0.4) is 0 Å². The molecule has 0 spiro atoms. The van der Waals surface area contributed by atoms with Gasteiger partial charge in [-0.1, -0.05) is 15.9 Å². The minimum absolute atomic E-state index is 0.00975. The van der Waals surface area contributed by atoms with Gasteiger partial charge in [0.05, 0.1) is 16.3 Å². The zero-order chi connectivity index (χ0) is 16.2. The van der Waals surface area contributed by atoms with Crippen molar-refractivity contribution < 1.29 is 9.90 Å². The molecular weight excluding hydrogens is 376 g/mol. The van der Waals surface area contributed by atoms with Gasteiger partial charge in [-0.05, 0) is 50.3 Å². The number of amides is 1. The van der Waals surface area contributed by atoms with Gasteiger partial charge in [-0.3, -0.25) is 4.79 Å². The van der Waals surface area contributed by atoms with Crippen molar-refractivity contribution in [2.24, 2.45) is 0 Å². The fourth-order valence-electron chi connectivity index (χ4n) is 2.75. The average molecular weight is 395 g/mol. The predicted octanol–water partition coefficient (Wildman–Crippen LogP) is 3.85. The average Bonchev–Trinajstić information content (AvgIpc) is 2.94. The summed E-state index contributed by atoms with van der Waals surface area (Å²) in [6.45, 7) is 0.582. The largest absolute Gasteiger partial charge is 0.507 e. The van der Waals surface area contributed by atoms with Crippen molar-refractivity contribution >= 4 is 33.2 Å². The van der Waals surface area contributed by atoms with Crippen LogP contribution in [0.15, 0.2) is 22.7 Å². The number of aryl methyl sites for hydroxylation is 3. The first kappa shape index (κ1) is 16.5. The van der Waals surface area contributed by atoms with Gasteiger partial charge >= 0.3 is 0 Å². The molecule has 1 aromatic carbocycles. The van der Waals surface area contributed by atoms with E-state index in [1.54, 1.807) is 12.1 Å².